The van der Waals surface area contributed by atoms with Gasteiger partial charge in [-0.25, -0.2) is 8.42 Å². The minimum atomic E-state index is -3.94. The van der Waals surface area contributed by atoms with Gasteiger partial charge in [0.2, 0.25) is 9.84 Å². The molecule has 5 nitrogen and oxygen atoms in total. The van der Waals surface area contributed by atoms with E-state index in [9.17, 15) is 13.7 Å². The quantitative estimate of drug-likeness (QED) is 0.673. The second kappa shape index (κ2) is 7.16. The van der Waals surface area contributed by atoms with E-state index in [4.69, 9.17) is 11.6 Å². The highest BCUT2D eigenvalue weighted by Gasteiger charge is 2.20. The van der Waals surface area contributed by atoms with Crippen LogP contribution in [0.1, 0.15) is 5.69 Å². The number of nitriles is 1. The van der Waals surface area contributed by atoms with E-state index in [1.165, 1.54) is 30.5 Å². The number of aromatic nitrogens is 1. The summed E-state index contributed by atoms with van der Waals surface area (Å²) in [5, 5.41) is 13.5. The molecule has 0 saturated carbocycles. The predicted molar refractivity (Wildman–Crippen MR) is 102 cm³/mol. The zero-order valence-electron chi connectivity index (χ0n) is 13.8. The van der Waals surface area contributed by atoms with Crippen LogP contribution in [-0.2, 0) is 9.84 Å². The number of nitrogens with one attached hydrogen (secondary N) is 1. The molecule has 1 heterocycles. The molecule has 0 aliphatic rings. The van der Waals surface area contributed by atoms with Gasteiger partial charge in [0.1, 0.15) is 6.07 Å². The fourth-order valence-electron chi connectivity index (χ4n) is 2.48. The van der Waals surface area contributed by atoms with E-state index in [2.05, 4.69) is 10.3 Å². The van der Waals surface area contributed by atoms with Crippen molar-refractivity contribution in [2.75, 3.05) is 5.32 Å². The Morgan fingerprint density at radius 3 is 2.58 bits per heavy atom. The van der Waals surface area contributed by atoms with Crippen LogP contribution in [0, 0.1) is 18.3 Å². The number of hydrogen-bond donors (Lipinski definition) is 1. The molecule has 0 saturated heterocycles. The van der Waals surface area contributed by atoms with Gasteiger partial charge >= 0.3 is 0 Å². The molecule has 26 heavy (non-hydrogen) atoms. The number of benzene rings is 2. The Morgan fingerprint density at radius 1 is 1.19 bits per heavy atom. The average molecular weight is 384 g/mol. The smallest absolute Gasteiger partial charge is 0.218 e. The Morgan fingerprint density at radius 2 is 1.88 bits per heavy atom. The van der Waals surface area contributed by atoms with Crippen LogP contribution in [0.3, 0.4) is 0 Å². The molecule has 0 unspecified atom stereocenters. The van der Waals surface area contributed by atoms with Crippen LogP contribution in [0.5, 0.6) is 0 Å². The Bertz CT molecular complexity index is 1150. The molecule has 0 atom stereocenters. The Hall–Kier alpha value is -2.88. The number of halogens is 1. The number of aryl methyl sites for hydroxylation is 1. The molecule has 0 spiro atoms. The first-order chi connectivity index (χ1) is 12.4. The Labute approximate surface area is 156 Å². The minimum absolute atomic E-state index is 0.00673. The van der Waals surface area contributed by atoms with Gasteiger partial charge in [-0.3, -0.25) is 4.98 Å². The number of hydrogen-bond acceptors (Lipinski definition) is 5. The SMILES string of the molecule is Cc1cc(N/C=C(/C#N)S(=O)(=O)c2ccc(Cl)cc2)c2ccccc2n1. The maximum Gasteiger partial charge on any atom is 0.218 e. The first-order valence-electron chi connectivity index (χ1n) is 7.65. The molecule has 0 fully saturated rings. The van der Waals surface area contributed by atoms with Gasteiger partial charge in [-0.2, -0.15) is 5.26 Å². The van der Waals surface area contributed by atoms with Gasteiger partial charge < -0.3 is 5.32 Å². The minimum Gasteiger partial charge on any atom is -0.359 e. The van der Waals surface area contributed by atoms with E-state index >= 15 is 0 Å². The number of rotatable bonds is 4. The summed E-state index contributed by atoms with van der Waals surface area (Å²) in [4.78, 5) is 4.05. The van der Waals surface area contributed by atoms with E-state index in [0.29, 0.717) is 10.7 Å². The summed E-state index contributed by atoms with van der Waals surface area (Å²) >= 11 is 5.79. The molecule has 130 valence electrons. The summed E-state index contributed by atoms with van der Waals surface area (Å²) in [6, 6.07) is 16.7. The van der Waals surface area contributed by atoms with Gasteiger partial charge in [0.15, 0.2) is 4.91 Å². The highest BCUT2D eigenvalue weighted by atomic mass is 35.5. The second-order valence-corrected chi connectivity index (χ2v) is 7.90. The van der Waals surface area contributed by atoms with Crippen molar-refractivity contribution >= 4 is 38.0 Å². The van der Waals surface area contributed by atoms with Crippen LogP contribution in [0.2, 0.25) is 5.02 Å². The topological polar surface area (TPSA) is 82.9 Å². The molecule has 0 bridgehead atoms. The standard InChI is InChI=1S/C19H14ClN3O2S/c1-13-10-19(17-4-2-3-5-18(17)23-13)22-12-16(11-21)26(24,25)15-8-6-14(20)7-9-15/h2-10,12H,1H3,(H,22,23)/b16-12-. The third-order valence-electron chi connectivity index (χ3n) is 3.73. The van der Waals surface area contributed by atoms with Gasteiger partial charge in [-0.15, -0.1) is 0 Å². The first-order valence-corrected chi connectivity index (χ1v) is 9.52. The van der Waals surface area contributed by atoms with Crippen molar-refractivity contribution in [2.45, 2.75) is 11.8 Å². The van der Waals surface area contributed by atoms with Crippen LogP contribution in [0.25, 0.3) is 10.9 Å². The number of pyridine rings is 1. The van der Waals surface area contributed by atoms with Crippen molar-refractivity contribution in [2.24, 2.45) is 0 Å². The van der Waals surface area contributed by atoms with E-state index in [1.54, 1.807) is 12.1 Å². The lowest BCUT2D eigenvalue weighted by atomic mass is 10.1. The molecule has 0 amide bonds. The van der Waals surface area contributed by atoms with E-state index in [0.717, 1.165) is 16.6 Å². The summed E-state index contributed by atoms with van der Waals surface area (Å²) in [5.74, 6) is 0. The van der Waals surface area contributed by atoms with Crippen molar-refractivity contribution in [3.63, 3.8) is 0 Å². The number of fused-ring (bicyclic) bond motifs is 1. The van der Waals surface area contributed by atoms with Crippen LogP contribution >= 0.6 is 11.6 Å². The summed E-state index contributed by atoms with van der Waals surface area (Å²) in [7, 11) is -3.94. The lowest BCUT2D eigenvalue weighted by Gasteiger charge is -2.09. The average Bonchev–Trinajstić information content (AvgIpc) is 2.62. The molecule has 3 rings (SSSR count). The number of allylic oxidation sites excluding steroid dienone is 1. The largest absolute Gasteiger partial charge is 0.359 e. The lowest BCUT2D eigenvalue weighted by Crippen LogP contribution is -2.06. The third-order valence-corrected chi connectivity index (χ3v) is 5.66. The van der Waals surface area contributed by atoms with E-state index in [-0.39, 0.29) is 4.90 Å². The van der Waals surface area contributed by atoms with Gasteiger partial charge in [0, 0.05) is 28.0 Å². The highest BCUT2D eigenvalue weighted by Crippen LogP contribution is 2.25. The maximum absolute atomic E-state index is 12.6. The van der Waals surface area contributed by atoms with Crippen LogP contribution < -0.4 is 5.32 Å². The Kier molecular flexibility index (Phi) is 4.94. The molecular formula is C19H14ClN3O2S. The summed E-state index contributed by atoms with van der Waals surface area (Å²) < 4.78 is 25.3. The van der Waals surface area contributed by atoms with Crippen molar-refractivity contribution < 1.29 is 8.42 Å². The number of nitrogens with zero attached hydrogens (tertiary/aromatic N) is 2. The number of sulfone groups is 1. The van der Waals surface area contributed by atoms with E-state index < -0.39 is 14.7 Å². The van der Waals surface area contributed by atoms with Gasteiger partial charge in [0.05, 0.1) is 10.4 Å². The van der Waals surface area contributed by atoms with Crippen LogP contribution in [0.4, 0.5) is 5.69 Å². The van der Waals surface area contributed by atoms with Crippen molar-refractivity contribution in [3.05, 3.63) is 76.4 Å². The Balaban J connectivity index is 2.01. The van der Waals surface area contributed by atoms with Crippen molar-refractivity contribution in [1.82, 2.24) is 4.98 Å². The monoisotopic (exact) mass is 383 g/mol. The van der Waals surface area contributed by atoms with Crippen LogP contribution in [0.15, 0.2) is 70.6 Å². The molecule has 0 aliphatic heterocycles. The fourth-order valence-corrected chi connectivity index (χ4v) is 3.69. The predicted octanol–water partition coefficient (Wildman–Crippen LogP) is 4.45. The van der Waals surface area contributed by atoms with Gasteiger partial charge in [-0.1, -0.05) is 29.8 Å². The van der Waals surface area contributed by atoms with Gasteiger partial charge in [-0.05, 0) is 43.3 Å². The molecule has 1 aromatic heterocycles. The summed E-state index contributed by atoms with van der Waals surface area (Å²) in [6.45, 7) is 1.84. The molecule has 0 radical (unpaired) electrons. The molecule has 2 aromatic carbocycles. The van der Waals surface area contributed by atoms with Gasteiger partial charge in [0.25, 0.3) is 0 Å². The molecule has 1 N–H and O–H groups in total. The zero-order valence-corrected chi connectivity index (χ0v) is 15.3. The molecule has 0 aliphatic carbocycles. The zero-order chi connectivity index (χ0) is 18.7. The lowest BCUT2D eigenvalue weighted by molar-refractivity contribution is 0.603. The summed E-state index contributed by atoms with van der Waals surface area (Å²) in [5.41, 5.74) is 2.23. The molecular weight excluding hydrogens is 370 g/mol. The molecule has 3 aromatic rings. The highest BCUT2D eigenvalue weighted by molar-refractivity contribution is 7.95. The normalized spacial score (nSPS) is 12.0. The van der Waals surface area contributed by atoms with Crippen LogP contribution in [-0.4, -0.2) is 13.4 Å². The number of anilines is 1. The number of para-hydroxylation sites is 1. The second-order valence-electron chi connectivity index (χ2n) is 5.55. The van der Waals surface area contributed by atoms with Crippen molar-refractivity contribution in [3.8, 4) is 6.07 Å². The fraction of sp³-hybridized carbons (Fsp3) is 0.0526. The third kappa shape index (κ3) is 3.54. The summed E-state index contributed by atoms with van der Waals surface area (Å²) in [6.07, 6.45) is 1.20. The van der Waals surface area contributed by atoms with E-state index in [1.807, 2.05) is 31.2 Å². The van der Waals surface area contributed by atoms with Crippen molar-refractivity contribution in [1.29, 1.82) is 5.26 Å². The molecule has 7 heteroatoms. The first kappa shape index (κ1) is 17.9. The maximum atomic E-state index is 12.6.